The zero-order valence-electron chi connectivity index (χ0n) is 14.8. The van der Waals surface area contributed by atoms with Gasteiger partial charge in [0, 0.05) is 23.5 Å². The van der Waals surface area contributed by atoms with Gasteiger partial charge in [-0.05, 0) is 23.8 Å². The van der Waals surface area contributed by atoms with Crippen LogP contribution in [0.2, 0.25) is 5.02 Å². The van der Waals surface area contributed by atoms with Gasteiger partial charge in [0.1, 0.15) is 6.04 Å². The summed E-state index contributed by atoms with van der Waals surface area (Å²) in [5.74, 6) is -0.823. The van der Waals surface area contributed by atoms with Gasteiger partial charge >= 0.3 is 5.97 Å². The number of para-hydroxylation sites is 2. The van der Waals surface area contributed by atoms with E-state index >= 15 is 0 Å². The van der Waals surface area contributed by atoms with Crippen LogP contribution >= 0.6 is 11.6 Å². The molecule has 140 valence electrons. The van der Waals surface area contributed by atoms with E-state index in [0.29, 0.717) is 17.1 Å². The fraction of sp³-hybridized carbons (Fsp3) is 0.200. The van der Waals surface area contributed by atoms with Gasteiger partial charge in [-0.15, -0.1) is 0 Å². The average molecular weight is 386 g/mol. The molecule has 27 heavy (non-hydrogen) atoms. The first-order valence-electron chi connectivity index (χ1n) is 8.49. The lowest BCUT2D eigenvalue weighted by atomic mass is 10.0. The Balaban J connectivity index is 1.67. The number of aromatic amines is 1. The summed E-state index contributed by atoms with van der Waals surface area (Å²) in [6.45, 7) is -0.00882. The van der Waals surface area contributed by atoms with Crippen molar-refractivity contribution in [3.63, 3.8) is 0 Å². The van der Waals surface area contributed by atoms with Gasteiger partial charge in [0.2, 0.25) is 5.91 Å². The van der Waals surface area contributed by atoms with Crippen LogP contribution in [0.5, 0.6) is 0 Å². The number of anilines is 1. The molecule has 1 amide bonds. The minimum absolute atomic E-state index is 0.00882. The molecule has 1 atom stereocenters. The maximum Gasteiger partial charge on any atom is 0.328 e. The van der Waals surface area contributed by atoms with Crippen LogP contribution in [0.3, 0.4) is 0 Å². The molecule has 3 N–H and O–H groups in total. The van der Waals surface area contributed by atoms with Gasteiger partial charge in [-0.25, -0.2) is 4.79 Å². The number of methoxy groups -OCH3 is 1. The van der Waals surface area contributed by atoms with Gasteiger partial charge in [0.05, 0.1) is 24.4 Å². The van der Waals surface area contributed by atoms with E-state index in [1.165, 1.54) is 7.11 Å². The second-order valence-corrected chi connectivity index (χ2v) is 6.45. The van der Waals surface area contributed by atoms with Gasteiger partial charge in [0.25, 0.3) is 0 Å². The number of rotatable bonds is 7. The second-order valence-electron chi connectivity index (χ2n) is 6.04. The van der Waals surface area contributed by atoms with Gasteiger partial charge < -0.3 is 20.4 Å². The van der Waals surface area contributed by atoms with Crippen LogP contribution in [0, 0.1) is 0 Å². The minimum Gasteiger partial charge on any atom is -0.467 e. The van der Waals surface area contributed by atoms with Crippen molar-refractivity contribution in [1.29, 1.82) is 0 Å². The van der Waals surface area contributed by atoms with Crippen LogP contribution < -0.4 is 10.6 Å². The molecule has 0 saturated carbocycles. The van der Waals surface area contributed by atoms with Crippen LogP contribution in [0.25, 0.3) is 10.9 Å². The molecule has 0 bridgehead atoms. The number of aromatic nitrogens is 1. The van der Waals surface area contributed by atoms with Crippen LogP contribution in [0.1, 0.15) is 5.56 Å². The Kier molecular flexibility index (Phi) is 5.98. The average Bonchev–Trinajstić information content (AvgIpc) is 3.09. The summed E-state index contributed by atoms with van der Waals surface area (Å²) >= 11 is 6.06. The summed E-state index contributed by atoms with van der Waals surface area (Å²) in [5.41, 5.74) is 2.56. The third-order valence-corrected chi connectivity index (χ3v) is 4.56. The number of amides is 1. The first-order valence-corrected chi connectivity index (χ1v) is 8.87. The zero-order valence-corrected chi connectivity index (χ0v) is 15.5. The van der Waals surface area contributed by atoms with E-state index in [1.807, 2.05) is 42.6 Å². The fourth-order valence-electron chi connectivity index (χ4n) is 2.88. The molecule has 6 nitrogen and oxygen atoms in total. The molecule has 0 saturated heterocycles. The van der Waals surface area contributed by atoms with Crippen molar-refractivity contribution in [1.82, 2.24) is 10.3 Å². The highest BCUT2D eigenvalue weighted by molar-refractivity contribution is 6.33. The molecule has 0 aliphatic carbocycles. The molecule has 1 heterocycles. The summed E-state index contributed by atoms with van der Waals surface area (Å²) in [6, 6.07) is 14.1. The van der Waals surface area contributed by atoms with Crippen molar-refractivity contribution >= 4 is 40.1 Å². The molecule has 0 radical (unpaired) electrons. The molecule has 0 fully saturated rings. The molecule has 3 rings (SSSR count). The molecule has 3 aromatic rings. The quantitative estimate of drug-likeness (QED) is 0.545. The standard InChI is InChI=1S/C20H20ClN3O3/c1-27-20(26)18(10-13-11-22-16-8-4-2-6-14(13)16)24-19(25)12-23-17-9-5-3-7-15(17)21/h2-9,11,18,22-23H,10,12H2,1H3,(H,24,25). The Hall–Kier alpha value is -2.99. The lowest BCUT2D eigenvalue weighted by Gasteiger charge is -2.17. The summed E-state index contributed by atoms with van der Waals surface area (Å²) < 4.78 is 4.85. The van der Waals surface area contributed by atoms with E-state index < -0.39 is 12.0 Å². The molecule has 7 heteroatoms. The number of hydrogen-bond acceptors (Lipinski definition) is 4. The predicted octanol–water partition coefficient (Wildman–Crippen LogP) is 3.13. The monoisotopic (exact) mass is 385 g/mol. The topological polar surface area (TPSA) is 83.2 Å². The number of H-pyrrole nitrogens is 1. The van der Waals surface area contributed by atoms with Gasteiger partial charge in [-0.2, -0.15) is 0 Å². The smallest absolute Gasteiger partial charge is 0.328 e. The van der Waals surface area contributed by atoms with Crippen molar-refractivity contribution < 1.29 is 14.3 Å². The number of ether oxygens (including phenoxy) is 1. The second kappa shape index (κ2) is 8.60. The first kappa shape index (κ1) is 18.8. The third kappa shape index (κ3) is 4.60. The van der Waals surface area contributed by atoms with E-state index in [-0.39, 0.29) is 12.5 Å². The highest BCUT2D eigenvalue weighted by Crippen LogP contribution is 2.21. The van der Waals surface area contributed by atoms with E-state index in [4.69, 9.17) is 16.3 Å². The van der Waals surface area contributed by atoms with Crippen LogP contribution in [-0.2, 0) is 20.7 Å². The number of carbonyl (C=O) groups is 2. The van der Waals surface area contributed by atoms with E-state index in [1.54, 1.807) is 12.1 Å². The normalized spacial score (nSPS) is 11.8. The number of nitrogens with one attached hydrogen (secondary N) is 3. The van der Waals surface area contributed by atoms with Crippen molar-refractivity contribution in [3.05, 3.63) is 65.3 Å². The van der Waals surface area contributed by atoms with E-state index in [0.717, 1.165) is 16.5 Å². The zero-order chi connectivity index (χ0) is 19.2. The molecular weight excluding hydrogens is 366 g/mol. The molecular formula is C20H20ClN3O3. The Bertz CT molecular complexity index is 954. The Morgan fingerprint density at radius 3 is 2.67 bits per heavy atom. The maximum atomic E-state index is 12.3. The van der Waals surface area contributed by atoms with Crippen molar-refractivity contribution in [2.75, 3.05) is 19.0 Å². The minimum atomic E-state index is -0.783. The third-order valence-electron chi connectivity index (χ3n) is 4.23. The van der Waals surface area contributed by atoms with E-state index in [2.05, 4.69) is 15.6 Å². The number of esters is 1. The summed E-state index contributed by atoms with van der Waals surface area (Å²) in [7, 11) is 1.30. The van der Waals surface area contributed by atoms with Crippen molar-refractivity contribution in [3.8, 4) is 0 Å². The molecule has 1 unspecified atom stereocenters. The number of halogens is 1. The lowest BCUT2D eigenvalue weighted by Crippen LogP contribution is -2.45. The largest absolute Gasteiger partial charge is 0.467 e. The Labute approximate surface area is 161 Å². The van der Waals surface area contributed by atoms with Crippen LogP contribution in [0.4, 0.5) is 5.69 Å². The number of carbonyl (C=O) groups excluding carboxylic acids is 2. The number of benzene rings is 2. The molecule has 0 aliphatic rings. The Morgan fingerprint density at radius 1 is 1.15 bits per heavy atom. The maximum absolute atomic E-state index is 12.3. The summed E-state index contributed by atoms with van der Waals surface area (Å²) in [6.07, 6.45) is 2.17. The predicted molar refractivity (Wildman–Crippen MR) is 106 cm³/mol. The summed E-state index contributed by atoms with van der Waals surface area (Å²) in [5, 5.41) is 7.22. The fourth-order valence-corrected chi connectivity index (χ4v) is 3.08. The van der Waals surface area contributed by atoms with Crippen LogP contribution in [-0.4, -0.2) is 36.6 Å². The molecule has 1 aromatic heterocycles. The molecule has 2 aromatic carbocycles. The lowest BCUT2D eigenvalue weighted by molar-refractivity contribution is -0.144. The number of fused-ring (bicyclic) bond motifs is 1. The first-order chi connectivity index (χ1) is 13.1. The molecule has 0 aliphatic heterocycles. The number of hydrogen-bond donors (Lipinski definition) is 3. The summed E-state index contributed by atoms with van der Waals surface area (Å²) in [4.78, 5) is 27.6. The van der Waals surface area contributed by atoms with Gasteiger partial charge in [0.15, 0.2) is 0 Å². The highest BCUT2D eigenvalue weighted by Gasteiger charge is 2.23. The van der Waals surface area contributed by atoms with Crippen molar-refractivity contribution in [2.24, 2.45) is 0 Å². The Morgan fingerprint density at radius 2 is 1.89 bits per heavy atom. The van der Waals surface area contributed by atoms with Gasteiger partial charge in [-0.3, -0.25) is 4.79 Å². The van der Waals surface area contributed by atoms with E-state index in [9.17, 15) is 9.59 Å². The van der Waals surface area contributed by atoms with Gasteiger partial charge in [-0.1, -0.05) is 41.9 Å². The van der Waals surface area contributed by atoms with Crippen molar-refractivity contribution in [2.45, 2.75) is 12.5 Å². The SMILES string of the molecule is COC(=O)C(Cc1c[nH]c2ccccc12)NC(=O)CNc1ccccc1Cl. The van der Waals surface area contributed by atoms with Crippen LogP contribution in [0.15, 0.2) is 54.7 Å². The molecule has 0 spiro atoms. The highest BCUT2D eigenvalue weighted by atomic mass is 35.5.